The van der Waals surface area contributed by atoms with E-state index in [0.29, 0.717) is 17.0 Å². The SMILES string of the molecule is CC(C)c1ccc(COc2cc(-c3ccccc3)cc(CC(=O)O)c2C(F)(F)F)cc1. The number of rotatable bonds is 7. The molecule has 31 heavy (non-hydrogen) atoms. The highest BCUT2D eigenvalue weighted by molar-refractivity contribution is 5.75. The molecule has 0 aliphatic carbocycles. The number of ether oxygens (including phenoxy) is 1. The van der Waals surface area contributed by atoms with Crippen LogP contribution in [0.5, 0.6) is 5.75 Å². The zero-order chi connectivity index (χ0) is 22.6. The Morgan fingerprint density at radius 2 is 1.61 bits per heavy atom. The minimum absolute atomic E-state index is 0.0633. The topological polar surface area (TPSA) is 46.5 Å². The van der Waals surface area contributed by atoms with Crippen LogP contribution < -0.4 is 4.74 Å². The van der Waals surface area contributed by atoms with Crippen LogP contribution in [0.4, 0.5) is 13.2 Å². The van der Waals surface area contributed by atoms with Crippen molar-refractivity contribution in [2.45, 2.75) is 39.0 Å². The van der Waals surface area contributed by atoms with Crippen molar-refractivity contribution in [3.05, 3.63) is 89.0 Å². The van der Waals surface area contributed by atoms with Crippen LogP contribution in [0.25, 0.3) is 11.1 Å². The Morgan fingerprint density at radius 3 is 2.16 bits per heavy atom. The molecule has 6 heteroatoms. The van der Waals surface area contributed by atoms with E-state index in [9.17, 15) is 23.1 Å². The van der Waals surface area contributed by atoms with Crippen molar-refractivity contribution in [2.24, 2.45) is 0 Å². The Labute approximate surface area is 179 Å². The van der Waals surface area contributed by atoms with E-state index in [4.69, 9.17) is 4.74 Å². The molecule has 0 heterocycles. The number of carboxylic acid groups (broad SMARTS) is 1. The third-order valence-electron chi connectivity index (χ3n) is 4.96. The van der Waals surface area contributed by atoms with Gasteiger partial charge in [0.15, 0.2) is 0 Å². The molecule has 0 aliphatic heterocycles. The summed E-state index contributed by atoms with van der Waals surface area (Å²) in [5.74, 6) is -1.38. The quantitative estimate of drug-likeness (QED) is 0.455. The van der Waals surface area contributed by atoms with Gasteiger partial charge < -0.3 is 9.84 Å². The van der Waals surface area contributed by atoms with Crippen molar-refractivity contribution in [1.29, 1.82) is 0 Å². The zero-order valence-electron chi connectivity index (χ0n) is 17.2. The molecule has 3 nitrogen and oxygen atoms in total. The molecule has 0 fully saturated rings. The summed E-state index contributed by atoms with van der Waals surface area (Å²) < 4.78 is 47.3. The van der Waals surface area contributed by atoms with E-state index in [-0.39, 0.29) is 17.9 Å². The second-order valence-electron chi connectivity index (χ2n) is 7.63. The molecule has 0 saturated heterocycles. The van der Waals surface area contributed by atoms with Gasteiger partial charge >= 0.3 is 12.1 Å². The van der Waals surface area contributed by atoms with Gasteiger partial charge in [-0.25, -0.2) is 0 Å². The van der Waals surface area contributed by atoms with Gasteiger partial charge in [0.1, 0.15) is 17.9 Å². The van der Waals surface area contributed by atoms with Gasteiger partial charge in [0.25, 0.3) is 0 Å². The molecule has 0 aromatic heterocycles. The number of hydrogen-bond acceptors (Lipinski definition) is 2. The van der Waals surface area contributed by atoms with E-state index in [2.05, 4.69) is 13.8 Å². The zero-order valence-corrected chi connectivity index (χ0v) is 17.2. The molecule has 0 saturated carbocycles. The molecule has 0 amide bonds. The summed E-state index contributed by atoms with van der Waals surface area (Å²) in [5, 5.41) is 9.18. The molecule has 0 spiro atoms. The van der Waals surface area contributed by atoms with Crippen molar-refractivity contribution >= 4 is 5.97 Å². The number of benzene rings is 3. The van der Waals surface area contributed by atoms with Crippen LogP contribution in [0.2, 0.25) is 0 Å². The predicted octanol–water partition coefficient (Wildman–Crippen LogP) is 6.70. The van der Waals surface area contributed by atoms with Crippen LogP contribution >= 0.6 is 0 Å². The summed E-state index contributed by atoms with van der Waals surface area (Å²) in [6.45, 7) is 4.05. The summed E-state index contributed by atoms with van der Waals surface area (Å²) >= 11 is 0. The number of alkyl halides is 3. The molecular formula is C25H23F3O3. The number of aliphatic carboxylic acids is 1. The van der Waals surface area contributed by atoms with Crippen LogP contribution in [0.3, 0.4) is 0 Å². The van der Waals surface area contributed by atoms with Crippen molar-refractivity contribution in [1.82, 2.24) is 0 Å². The third kappa shape index (κ3) is 5.66. The van der Waals surface area contributed by atoms with Gasteiger partial charge in [-0.05, 0) is 45.9 Å². The third-order valence-corrected chi connectivity index (χ3v) is 4.96. The summed E-state index contributed by atoms with van der Waals surface area (Å²) in [6, 6.07) is 18.9. The summed E-state index contributed by atoms with van der Waals surface area (Å²) in [5.41, 5.74) is 1.61. The maximum atomic E-state index is 13.9. The van der Waals surface area contributed by atoms with Gasteiger partial charge in [-0.1, -0.05) is 68.4 Å². The Balaban J connectivity index is 2.03. The maximum absolute atomic E-state index is 13.9. The lowest BCUT2D eigenvalue weighted by molar-refractivity contribution is -0.140. The molecule has 3 rings (SSSR count). The molecule has 162 valence electrons. The smallest absolute Gasteiger partial charge is 0.420 e. The van der Waals surface area contributed by atoms with Crippen LogP contribution in [-0.4, -0.2) is 11.1 Å². The first-order valence-electron chi connectivity index (χ1n) is 9.88. The second-order valence-corrected chi connectivity index (χ2v) is 7.63. The first kappa shape index (κ1) is 22.4. The molecule has 0 unspecified atom stereocenters. The fraction of sp³-hybridized carbons (Fsp3) is 0.240. The minimum atomic E-state index is -4.75. The van der Waals surface area contributed by atoms with E-state index >= 15 is 0 Å². The largest absolute Gasteiger partial charge is 0.488 e. The standard InChI is InChI=1S/C25H23F3O3/c1-16(2)18-10-8-17(9-11-18)15-31-22-13-20(19-6-4-3-5-7-19)12-21(14-23(29)30)24(22)25(26,27)28/h3-13,16H,14-15H2,1-2H3,(H,29,30). The molecule has 3 aromatic carbocycles. The molecule has 0 aliphatic rings. The van der Waals surface area contributed by atoms with Gasteiger partial charge in [-0.15, -0.1) is 0 Å². The lowest BCUT2D eigenvalue weighted by Crippen LogP contribution is -2.15. The van der Waals surface area contributed by atoms with Gasteiger partial charge in [0.05, 0.1) is 6.42 Å². The van der Waals surface area contributed by atoms with E-state index in [1.807, 2.05) is 24.3 Å². The highest BCUT2D eigenvalue weighted by atomic mass is 19.4. The van der Waals surface area contributed by atoms with Gasteiger partial charge in [-0.3, -0.25) is 4.79 Å². The van der Waals surface area contributed by atoms with Gasteiger partial charge in [0, 0.05) is 0 Å². The minimum Gasteiger partial charge on any atom is -0.488 e. The predicted molar refractivity (Wildman–Crippen MR) is 113 cm³/mol. The summed E-state index contributed by atoms with van der Waals surface area (Å²) in [4.78, 5) is 11.3. The Kier molecular flexibility index (Phi) is 6.68. The number of carbonyl (C=O) groups is 1. The van der Waals surface area contributed by atoms with E-state index < -0.39 is 24.1 Å². The average molecular weight is 428 g/mol. The molecule has 3 aromatic rings. The second kappa shape index (κ2) is 9.25. The van der Waals surface area contributed by atoms with Crippen LogP contribution in [-0.2, 0) is 24.0 Å². The molecule has 0 bridgehead atoms. The van der Waals surface area contributed by atoms with E-state index in [1.54, 1.807) is 30.3 Å². The summed E-state index contributed by atoms with van der Waals surface area (Å²) in [6.07, 6.45) is -5.51. The number of hydrogen-bond donors (Lipinski definition) is 1. The van der Waals surface area contributed by atoms with Crippen molar-refractivity contribution in [3.8, 4) is 16.9 Å². The summed E-state index contributed by atoms with van der Waals surface area (Å²) in [7, 11) is 0. The molecular weight excluding hydrogens is 405 g/mol. The highest BCUT2D eigenvalue weighted by Gasteiger charge is 2.38. The first-order chi connectivity index (χ1) is 14.6. The fourth-order valence-corrected chi connectivity index (χ4v) is 3.37. The van der Waals surface area contributed by atoms with Crippen LogP contribution in [0, 0.1) is 0 Å². The van der Waals surface area contributed by atoms with Crippen molar-refractivity contribution in [3.63, 3.8) is 0 Å². The van der Waals surface area contributed by atoms with E-state index in [1.165, 1.54) is 12.1 Å². The van der Waals surface area contributed by atoms with Crippen LogP contribution in [0.15, 0.2) is 66.7 Å². The lowest BCUT2D eigenvalue weighted by Gasteiger charge is -2.19. The Hall–Kier alpha value is -3.28. The Morgan fingerprint density at radius 1 is 0.968 bits per heavy atom. The number of halogens is 3. The fourth-order valence-electron chi connectivity index (χ4n) is 3.37. The van der Waals surface area contributed by atoms with Crippen molar-refractivity contribution in [2.75, 3.05) is 0 Å². The normalized spacial score (nSPS) is 11.5. The van der Waals surface area contributed by atoms with Gasteiger partial charge in [-0.2, -0.15) is 13.2 Å². The van der Waals surface area contributed by atoms with Gasteiger partial charge in [0.2, 0.25) is 0 Å². The highest BCUT2D eigenvalue weighted by Crippen LogP contribution is 2.42. The Bertz CT molecular complexity index is 1040. The van der Waals surface area contributed by atoms with Crippen molar-refractivity contribution < 1.29 is 27.8 Å². The van der Waals surface area contributed by atoms with Crippen LogP contribution in [0.1, 0.15) is 42.0 Å². The lowest BCUT2D eigenvalue weighted by atomic mass is 9.96. The maximum Gasteiger partial charge on any atom is 0.420 e. The molecule has 0 atom stereocenters. The first-order valence-corrected chi connectivity index (χ1v) is 9.88. The molecule has 0 radical (unpaired) electrons. The monoisotopic (exact) mass is 428 g/mol. The number of carboxylic acids is 1. The van der Waals surface area contributed by atoms with E-state index in [0.717, 1.165) is 11.1 Å². The molecule has 1 N–H and O–H groups in total. The average Bonchev–Trinajstić information content (AvgIpc) is 2.71.